The lowest BCUT2D eigenvalue weighted by Crippen LogP contribution is -2.14. The molecule has 1 unspecified atom stereocenters. The highest BCUT2D eigenvalue weighted by Gasteiger charge is 2.17. The lowest BCUT2D eigenvalue weighted by molar-refractivity contribution is 0.189. The van der Waals surface area contributed by atoms with Crippen LogP contribution in [0.1, 0.15) is 26.2 Å². The molecule has 0 amide bonds. The Morgan fingerprint density at radius 2 is 2.55 bits per heavy atom. The standard InChI is InChI=1S/C8H15NO2/c1-2-3-4-7-5-9-8(6-10)11-7/h7,10H,2-6H2,1H3. The maximum Gasteiger partial charge on any atom is 0.210 e. The zero-order chi connectivity index (χ0) is 8.10. The topological polar surface area (TPSA) is 41.8 Å². The van der Waals surface area contributed by atoms with Crippen molar-refractivity contribution in [1.29, 1.82) is 0 Å². The molecule has 1 heterocycles. The van der Waals surface area contributed by atoms with E-state index in [-0.39, 0.29) is 12.7 Å². The highest BCUT2D eigenvalue weighted by atomic mass is 16.5. The fourth-order valence-corrected chi connectivity index (χ4v) is 1.14. The van der Waals surface area contributed by atoms with Crippen LogP contribution in [0.3, 0.4) is 0 Å². The summed E-state index contributed by atoms with van der Waals surface area (Å²) in [7, 11) is 0. The molecule has 0 aromatic carbocycles. The minimum atomic E-state index is -0.0530. The van der Waals surface area contributed by atoms with Crippen LogP contribution in [-0.4, -0.2) is 30.3 Å². The maximum absolute atomic E-state index is 8.65. The first kappa shape index (κ1) is 8.53. The zero-order valence-electron chi connectivity index (χ0n) is 6.92. The van der Waals surface area contributed by atoms with Crippen molar-refractivity contribution in [2.75, 3.05) is 13.2 Å². The normalized spacial score (nSPS) is 23.1. The lowest BCUT2D eigenvalue weighted by atomic mass is 10.2. The van der Waals surface area contributed by atoms with Gasteiger partial charge in [-0.25, -0.2) is 4.99 Å². The highest BCUT2D eigenvalue weighted by Crippen LogP contribution is 2.11. The fraction of sp³-hybridized carbons (Fsp3) is 0.875. The minimum Gasteiger partial charge on any atom is -0.474 e. The van der Waals surface area contributed by atoms with E-state index in [4.69, 9.17) is 9.84 Å². The number of hydrogen-bond donors (Lipinski definition) is 1. The first-order valence-electron chi connectivity index (χ1n) is 4.17. The van der Waals surface area contributed by atoms with Gasteiger partial charge in [-0.3, -0.25) is 0 Å². The second kappa shape index (κ2) is 4.34. The van der Waals surface area contributed by atoms with Gasteiger partial charge in [-0.1, -0.05) is 13.3 Å². The third-order valence-electron chi connectivity index (χ3n) is 1.79. The molecule has 64 valence electrons. The summed E-state index contributed by atoms with van der Waals surface area (Å²) in [6.45, 7) is 2.83. The van der Waals surface area contributed by atoms with E-state index in [0.29, 0.717) is 5.90 Å². The van der Waals surface area contributed by atoms with Gasteiger partial charge < -0.3 is 9.84 Å². The molecule has 0 fully saturated rings. The second-order valence-corrected chi connectivity index (χ2v) is 2.77. The summed E-state index contributed by atoms with van der Waals surface area (Å²) < 4.78 is 5.31. The molecule has 0 aromatic heterocycles. The SMILES string of the molecule is CCCCC1CN=C(CO)O1. The molecule has 0 spiro atoms. The quantitative estimate of drug-likeness (QED) is 0.660. The molecule has 3 nitrogen and oxygen atoms in total. The first-order chi connectivity index (χ1) is 5.36. The van der Waals surface area contributed by atoms with Gasteiger partial charge in [-0.15, -0.1) is 0 Å². The Labute approximate surface area is 67.1 Å². The van der Waals surface area contributed by atoms with Gasteiger partial charge in [-0.05, 0) is 12.8 Å². The van der Waals surface area contributed by atoms with Crippen molar-refractivity contribution in [2.45, 2.75) is 32.3 Å². The molecular formula is C8H15NO2. The van der Waals surface area contributed by atoms with Gasteiger partial charge in [0.2, 0.25) is 5.90 Å². The summed E-state index contributed by atoms with van der Waals surface area (Å²) in [6.07, 6.45) is 3.66. The largest absolute Gasteiger partial charge is 0.474 e. The summed E-state index contributed by atoms with van der Waals surface area (Å²) in [5.74, 6) is 0.506. The Balaban J connectivity index is 2.14. The Bertz CT molecular complexity index is 145. The van der Waals surface area contributed by atoms with Crippen molar-refractivity contribution in [3.63, 3.8) is 0 Å². The van der Waals surface area contributed by atoms with Crippen molar-refractivity contribution in [3.8, 4) is 0 Å². The van der Waals surface area contributed by atoms with Gasteiger partial charge in [0.15, 0.2) is 0 Å². The van der Waals surface area contributed by atoms with Crippen molar-refractivity contribution < 1.29 is 9.84 Å². The Kier molecular flexibility index (Phi) is 3.36. The molecule has 0 aliphatic carbocycles. The van der Waals surface area contributed by atoms with E-state index >= 15 is 0 Å². The molecule has 1 N–H and O–H groups in total. The van der Waals surface area contributed by atoms with Crippen LogP contribution in [0.15, 0.2) is 4.99 Å². The molecule has 0 aromatic rings. The van der Waals surface area contributed by atoms with Crippen LogP contribution in [0, 0.1) is 0 Å². The van der Waals surface area contributed by atoms with E-state index in [9.17, 15) is 0 Å². The predicted molar refractivity (Wildman–Crippen MR) is 43.8 cm³/mol. The molecular weight excluding hydrogens is 142 g/mol. The molecule has 1 aliphatic rings. The highest BCUT2D eigenvalue weighted by molar-refractivity contribution is 5.78. The molecule has 0 saturated carbocycles. The van der Waals surface area contributed by atoms with Crippen molar-refractivity contribution >= 4 is 5.90 Å². The minimum absolute atomic E-state index is 0.0530. The zero-order valence-corrected chi connectivity index (χ0v) is 6.92. The van der Waals surface area contributed by atoms with E-state index in [1.807, 2.05) is 0 Å². The monoisotopic (exact) mass is 157 g/mol. The number of rotatable bonds is 4. The van der Waals surface area contributed by atoms with Gasteiger partial charge in [-0.2, -0.15) is 0 Å². The predicted octanol–water partition coefficient (Wildman–Crippen LogP) is 0.966. The van der Waals surface area contributed by atoms with Gasteiger partial charge in [0.1, 0.15) is 12.7 Å². The van der Waals surface area contributed by atoms with E-state index in [1.165, 1.54) is 12.8 Å². The smallest absolute Gasteiger partial charge is 0.210 e. The average molecular weight is 157 g/mol. The number of ether oxygens (including phenoxy) is 1. The van der Waals surface area contributed by atoms with Gasteiger partial charge >= 0.3 is 0 Å². The van der Waals surface area contributed by atoms with E-state index < -0.39 is 0 Å². The molecule has 3 heteroatoms. The Hall–Kier alpha value is -0.570. The number of aliphatic imine (C=N–C) groups is 1. The Morgan fingerprint density at radius 3 is 3.09 bits per heavy atom. The average Bonchev–Trinajstić information content (AvgIpc) is 2.48. The summed E-state index contributed by atoms with van der Waals surface area (Å²) in [6, 6.07) is 0. The number of hydrogen-bond acceptors (Lipinski definition) is 3. The third kappa shape index (κ3) is 2.50. The maximum atomic E-state index is 8.65. The van der Waals surface area contributed by atoms with E-state index in [0.717, 1.165) is 13.0 Å². The van der Waals surface area contributed by atoms with Crippen molar-refractivity contribution in [3.05, 3.63) is 0 Å². The number of aliphatic hydroxyl groups is 1. The molecule has 0 bridgehead atoms. The van der Waals surface area contributed by atoms with Crippen molar-refractivity contribution in [1.82, 2.24) is 0 Å². The van der Waals surface area contributed by atoms with Crippen molar-refractivity contribution in [2.24, 2.45) is 4.99 Å². The van der Waals surface area contributed by atoms with Gasteiger partial charge in [0.25, 0.3) is 0 Å². The summed E-state index contributed by atoms with van der Waals surface area (Å²) in [5.41, 5.74) is 0. The summed E-state index contributed by atoms with van der Waals surface area (Å²) in [5, 5.41) is 8.65. The molecule has 1 aliphatic heterocycles. The molecule has 1 atom stereocenters. The molecule has 11 heavy (non-hydrogen) atoms. The lowest BCUT2D eigenvalue weighted by Gasteiger charge is -2.08. The molecule has 0 saturated heterocycles. The van der Waals surface area contributed by atoms with Crippen LogP contribution in [-0.2, 0) is 4.74 Å². The molecule has 1 rings (SSSR count). The third-order valence-corrected chi connectivity index (χ3v) is 1.79. The Morgan fingerprint density at radius 1 is 1.73 bits per heavy atom. The van der Waals surface area contributed by atoms with Crippen LogP contribution < -0.4 is 0 Å². The fourth-order valence-electron chi connectivity index (χ4n) is 1.14. The number of aliphatic hydroxyl groups excluding tert-OH is 1. The first-order valence-corrected chi connectivity index (χ1v) is 4.17. The van der Waals surface area contributed by atoms with Crippen LogP contribution in [0.2, 0.25) is 0 Å². The number of unbranched alkanes of at least 4 members (excludes halogenated alkanes) is 1. The van der Waals surface area contributed by atoms with Gasteiger partial charge in [0.05, 0.1) is 6.54 Å². The van der Waals surface area contributed by atoms with Crippen LogP contribution in [0.4, 0.5) is 0 Å². The summed E-state index contributed by atoms with van der Waals surface area (Å²) in [4.78, 5) is 4.03. The molecule has 0 radical (unpaired) electrons. The van der Waals surface area contributed by atoms with Gasteiger partial charge in [0, 0.05) is 0 Å². The van der Waals surface area contributed by atoms with Crippen LogP contribution in [0.5, 0.6) is 0 Å². The second-order valence-electron chi connectivity index (χ2n) is 2.77. The summed E-state index contributed by atoms with van der Waals surface area (Å²) >= 11 is 0. The van der Waals surface area contributed by atoms with E-state index in [2.05, 4.69) is 11.9 Å². The van der Waals surface area contributed by atoms with Crippen LogP contribution in [0.25, 0.3) is 0 Å². The van der Waals surface area contributed by atoms with Crippen LogP contribution >= 0.6 is 0 Å². The number of nitrogens with zero attached hydrogens (tertiary/aromatic N) is 1. The van der Waals surface area contributed by atoms with E-state index in [1.54, 1.807) is 0 Å².